The Morgan fingerprint density at radius 2 is 0.900 bits per heavy atom. The molecule has 0 spiro atoms. The van der Waals surface area contributed by atoms with Gasteiger partial charge in [0, 0.05) is 6.42 Å². The minimum atomic E-state index is -1.58. The maximum Gasteiger partial charge on any atom is 0.220 e. The highest BCUT2D eigenvalue weighted by Gasteiger charge is 2.44. The third-order valence-corrected chi connectivity index (χ3v) is 13.5. The second kappa shape index (κ2) is 50.2. The number of amides is 1. The van der Waals surface area contributed by atoms with Crippen molar-refractivity contribution in [1.29, 1.82) is 0 Å². The van der Waals surface area contributed by atoms with Gasteiger partial charge in [0.1, 0.15) is 24.4 Å². The Morgan fingerprint density at radius 1 is 0.500 bits per heavy atom. The molecule has 1 saturated heterocycles. The van der Waals surface area contributed by atoms with Crippen molar-refractivity contribution < 1.29 is 39.8 Å². The summed E-state index contributed by atoms with van der Waals surface area (Å²) in [6, 6.07) is -0.827. The predicted octanol–water partition coefficient (Wildman–Crippen LogP) is 14.5. The van der Waals surface area contributed by atoms with E-state index in [-0.39, 0.29) is 12.5 Å². The molecule has 1 rings (SSSR count). The van der Waals surface area contributed by atoms with Crippen molar-refractivity contribution in [2.75, 3.05) is 13.2 Å². The molecule has 70 heavy (non-hydrogen) atoms. The summed E-state index contributed by atoms with van der Waals surface area (Å²) in [6.07, 6.45) is 62.5. The molecule has 0 saturated carbocycles. The molecule has 0 aromatic rings. The highest BCUT2D eigenvalue weighted by molar-refractivity contribution is 5.76. The first-order chi connectivity index (χ1) is 34.3. The summed E-state index contributed by atoms with van der Waals surface area (Å²) >= 11 is 0. The number of aliphatic hydroxyl groups is 5. The summed E-state index contributed by atoms with van der Waals surface area (Å²) in [7, 11) is 0. The van der Waals surface area contributed by atoms with E-state index in [0.29, 0.717) is 6.42 Å². The fraction of sp³-hybridized carbons (Fsp3) is 0.787. The van der Waals surface area contributed by atoms with Gasteiger partial charge in [0.2, 0.25) is 5.91 Å². The largest absolute Gasteiger partial charge is 0.394 e. The number of rotatable bonds is 49. The van der Waals surface area contributed by atoms with Crippen molar-refractivity contribution in [3.63, 3.8) is 0 Å². The van der Waals surface area contributed by atoms with Gasteiger partial charge in [-0.25, -0.2) is 0 Å². The molecule has 6 N–H and O–H groups in total. The Morgan fingerprint density at radius 3 is 1.37 bits per heavy atom. The molecule has 7 atom stereocenters. The Labute approximate surface area is 429 Å². The molecule has 1 fully saturated rings. The van der Waals surface area contributed by atoms with Crippen LogP contribution in [0.25, 0.3) is 0 Å². The van der Waals surface area contributed by atoms with E-state index < -0.39 is 49.5 Å². The number of carbonyl (C=O) groups excluding carboxylic acids is 1. The lowest BCUT2D eigenvalue weighted by atomic mass is 9.99. The summed E-state index contributed by atoms with van der Waals surface area (Å²) in [4.78, 5) is 13.1. The first-order valence-electron chi connectivity index (χ1n) is 29.2. The van der Waals surface area contributed by atoms with E-state index in [9.17, 15) is 30.3 Å². The minimum absolute atomic E-state index is 0.190. The van der Waals surface area contributed by atoms with Gasteiger partial charge in [-0.05, 0) is 70.6 Å². The number of hydrogen-bond donors (Lipinski definition) is 6. The maximum absolute atomic E-state index is 13.1. The highest BCUT2D eigenvalue weighted by atomic mass is 16.7. The third kappa shape index (κ3) is 39.2. The van der Waals surface area contributed by atoms with Crippen molar-refractivity contribution in [3.05, 3.63) is 72.9 Å². The molecular weight excluding hydrogens is 875 g/mol. The zero-order valence-electron chi connectivity index (χ0n) is 45.0. The Bertz CT molecular complexity index is 1330. The molecule has 0 aliphatic carbocycles. The van der Waals surface area contributed by atoms with Crippen molar-refractivity contribution in [3.8, 4) is 0 Å². The fourth-order valence-corrected chi connectivity index (χ4v) is 8.93. The van der Waals surface area contributed by atoms with Crippen LogP contribution in [0.5, 0.6) is 0 Å². The molecule has 1 amide bonds. The zero-order chi connectivity index (χ0) is 50.8. The molecule has 406 valence electrons. The molecule has 0 bridgehead atoms. The molecular formula is C61H109NO8. The van der Waals surface area contributed by atoms with Gasteiger partial charge in [0.15, 0.2) is 6.29 Å². The lowest BCUT2D eigenvalue weighted by Gasteiger charge is -2.40. The summed E-state index contributed by atoms with van der Waals surface area (Å²) in [6.45, 7) is 3.67. The van der Waals surface area contributed by atoms with Crippen LogP contribution in [0.3, 0.4) is 0 Å². The number of nitrogens with one attached hydrogen (secondary N) is 1. The second-order valence-corrected chi connectivity index (χ2v) is 20.0. The van der Waals surface area contributed by atoms with Crippen molar-refractivity contribution in [1.82, 2.24) is 5.32 Å². The highest BCUT2D eigenvalue weighted by Crippen LogP contribution is 2.23. The first kappa shape index (κ1) is 65.6. The van der Waals surface area contributed by atoms with Crippen LogP contribution in [0.4, 0.5) is 0 Å². The van der Waals surface area contributed by atoms with Crippen LogP contribution in [0.2, 0.25) is 0 Å². The Hall–Kier alpha value is -2.37. The quantitative estimate of drug-likeness (QED) is 0.0261. The molecule has 0 aromatic heterocycles. The first-order valence-corrected chi connectivity index (χ1v) is 29.2. The van der Waals surface area contributed by atoms with Crippen LogP contribution in [0, 0.1) is 0 Å². The van der Waals surface area contributed by atoms with Crippen LogP contribution in [-0.4, -0.2) is 87.5 Å². The minimum Gasteiger partial charge on any atom is -0.394 e. The number of hydrogen-bond acceptors (Lipinski definition) is 8. The van der Waals surface area contributed by atoms with Crippen molar-refractivity contribution >= 4 is 5.91 Å². The average Bonchev–Trinajstić information content (AvgIpc) is 3.36. The number of carbonyl (C=O) groups is 1. The van der Waals surface area contributed by atoms with Gasteiger partial charge in [-0.15, -0.1) is 0 Å². The van der Waals surface area contributed by atoms with Crippen LogP contribution >= 0.6 is 0 Å². The number of aliphatic hydroxyl groups excluding tert-OH is 5. The van der Waals surface area contributed by atoms with E-state index in [2.05, 4.69) is 79.9 Å². The van der Waals surface area contributed by atoms with Gasteiger partial charge in [0.25, 0.3) is 0 Å². The molecule has 0 radical (unpaired) electrons. The topological polar surface area (TPSA) is 149 Å². The Kier molecular flexibility index (Phi) is 47.1. The van der Waals surface area contributed by atoms with E-state index in [1.165, 1.54) is 167 Å². The number of allylic oxidation sites excluding steroid dienone is 11. The van der Waals surface area contributed by atoms with Crippen molar-refractivity contribution in [2.24, 2.45) is 0 Å². The van der Waals surface area contributed by atoms with Crippen LogP contribution in [0.1, 0.15) is 251 Å². The van der Waals surface area contributed by atoms with Crippen molar-refractivity contribution in [2.45, 2.75) is 294 Å². The molecule has 1 heterocycles. The van der Waals surface area contributed by atoms with Crippen LogP contribution in [-0.2, 0) is 14.3 Å². The molecule has 1 aliphatic rings. The van der Waals surface area contributed by atoms with Crippen LogP contribution in [0.15, 0.2) is 72.9 Å². The molecule has 1 aliphatic heterocycles. The van der Waals surface area contributed by atoms with Crippen LogP contribution < -0.4 is 5.32 Å². The number of ether oxygens (including phenoxy) is 2. The summed E-state index contributed by atoms with van der Waals surface area (Å²) < 4.78 is 11.3. The standard InChI is InChI=1S/C61H109NO8/c1-3-5-7-9-11-13-15-17-19-21-23-25-27-28-29-31-33-35-37-39-41-43-45-47-49-51-57(65)62-54(53-69-61-60(68)59(67)58(66)56(52-63)70-61)55(64)50-48-46-44-42-40-38-36-34-32-30-26-24-22-20-18-16-14-12-10-8-6-4-2/h5,7,11,13,17,19,23,25,40,42,48,50,54-56,58-61,63-64,66-68H,3-4,6,8-10,12,14-16,18,20-22,24,26-39,41,43-47,49,51-53H2,1-2H3,(H,62,65)/b7-5-,13-11-,19-17-,25-23-,42-40+,50-48+. The molecule has 9 nitrogen and oxygen atoms in total. The predicted molar refractivity (Wildman–Crippen MR) is 295 cm³/mol. The fourth-order valence-electron chi connectivity index (χ4n) is 8.93. The van der Waals surface area contributed by atoms with Gasteiger partial charge in [0.05, 0.1) is 25.4 Å². The lowest BCUT2D eigenvalue weighted by Crippen LogP contribution is -2.60. The summed E-state index contributed by atoms with van der Waals surface area (Å²) in [5.41, 5.74) is 0. The SMILES string of the molecule is CC/C=C\C/C=C\C/C=C\C/C=C\CCCCCCCCCCCCCCC(=O)NC(COC1OC(CO)C(O)C(O)C1O)C(O)/C=C/CC/C=C/CCCCCCCCCCCCCCCCCC. The molecule has 0 aromatic carbocycles. The van der Waals surface area contributed by atoms with Gasteiger partial charge in [-0.1, -0.05) is 247 Å². The van der Waals surface area contributed by atoms with E-state index in [0.717, 1.165) is 64.2 Å². The Balaban J connectivity index is 2.25. The summed E-state index contributed by atoms with van der Waals surface area (Å²) in [5, 5.41) is 54.5. The average molecular weight is 985 g/mol. The van der Waals surface area contributed by atoms with E-state index in [1.807, 2.05) is 6.08 Å². The monoisotopic (exact) mass is 984 g/mol. The van der Waals surface area contributed by atoms with E-state index in [1.54, 1.807) is 6.08 Å². The van der Waals surface area contributed by atoms with Gasteiger partial charge in [-0.2, -0.15) is 0 Å². The van der Waals surface area contributed by atoms with E-state index >= 15 is 0 Å². The summed E-state index contributed by atoms with van der Waals surface area (Å²) in [5.74, 6) is -0.190. The lowest BCUT2D eigenvalue weighted by molar-refractivity contribution is -0.302. The van der Waals surface area contributed by atoms with Gasteiger partial charge >= 0.3 is 0 Å². The number of unbranched alkanes of at least 4 members (excludes halogenated alkanes) is 29. The van der Waals surface area contributed by atoms with Gasteiger partial charge < -0.3 is 40.3 Å². The second-order valence-electron chi connectivity index (χ2n) is 20.0. The third-order valence-electron chi connectivity index (χ3n) is 13.5. The maximum atomic E-state index is 13.1. The van der Waals surface area contributed by atoms with E-state index in [4.69, 9.17) is 9.47 Å². The molecule has 7 unspecified atom stereocenters. The smallest absolute Gasteiger partial charge is 0.220 e. The molecule has 9 heteroatoms. The zero-order valence-corrected chi connectivity index (χ0v) is 45.0. The normalized spacial score (nSPS) is 19.9. The van der Waals surface area contributed by atoms with Gasteiger partial charge in [-0.3, -0.25) is 4.79 Å².